The molecular weight excluding hydrogens is 330 g/mol. The number of rotatable bonds is 2. The van der Waals surface area contributed by atoms with Crippen molar-refractivity contribution < 1.29 is 0 Å². The van der Waals surface area contributed by atoms with Crippen LogP contribution in [-0.4, -0.2) is 19.6 Å². The van der Waals surface area contributed by atoms with Crippen LogP contribution in [0.5, 0.6) is 0 Å². The predicted molar refractivity (Wildman–Crippen MR) is 78.0 cm³/mol. The average Bonchev–Trinajstić information content (AvgIpc) is 2.85. The van der Waals surface area contributed by atoms with Crippen LogP contribution in [0.2, 0.25) is 5.15 Å². The van der Waals surface area contributed by atoms with Crippen molar-refractivity contribution in [3.8, 4) is 0 Å². The van der Waals surface area contributed by atoms with Gasteiger partial charge in [0.1, 0.15) is 17.3 Å². The van der Waals surface area contributed by atoms with Gasteiger partial charge in [-0.15, -0.1) is 0 Å². The summed E-state index contributed by atoms with van der Waals surface area (Å²) in [7, 11) is 0. The summed E-state index contributed by atoms with van der Waals surface area (Å²) in [5.74, 6) is 1.21. The Labute approximate surface area is 122 Å². The van der Waals surface area contributed by atoms with E-state index in [1.54, 1.807) is 4.52 Å². The summed E-state index contributed by atoms with van der Waals surface area (Å²) in [5, 5.41) is 7.86. The van der Waals surface area contributed by atoms with E-state index in [1.807, 2.05) is 31.2 Å². The van der Waals surface area contributed by atoms with Crippen LogP contribution >= 0.6 is 27.5 Å². The molecule has 0 atom stereocenters. The lowest BCUT2D eigenvalue weighted by atomic mass is 10.3. The molecule has 0 unspecified atom stereocenters. The van der Waals surface area contributed by atoms with Gasteiger partial charge in [0.05, 0.1) is 5.69 Å². The first-order chi connectivity index (χ1) is 9.16. The molecule has 5 nitrogen and oxygen atoms in total. The van der Waals surface area contributed by atoms with Gasteiger partial charge in [0.25, 0.3) is 5.78 Å². The number of aromatic nitrogens is 4. The number of anilines is 2. The number of halogens is 2. The summed E-state index contributed by atoms with van der Waals surface area (Å²) >= 11 is 9.61. The molecule has 2 heterocycles. The van der Waals surface area contributed by atoms with Crippen molar-refractivity contribution in [2.75, 3.05) is 5.32 Å². The minimum absolute atomic E-state index is 0.412. The molecule has 19 heavy (non-hydrogen) atoms. The van der Waals surface area contributed by atoms with Gasteiger partial charge >= 0.3 is 0 Å². The van der Waals surface area contributed by atoms with Crippen molar-refractivity contribution in [1.29, 1.82) is 0 Å². The molecule has 2 aromatic heterocycles. The molecule has 0 aliphatic heterocycles. The molecule has 0 fully saturated rings. The van der Waals surface area contributed by atoms with E-state index in [4.69, 9.17) is 11.6 Å². The van der Waals surface area contributed by atoms with Crippen LogP contribution in [0.3, 0.4) is 0 Å². The number of fused-ring (bicyclic) bond motifs is 1. The summed E-state index contributed by atoms with van der Waals surface area (Å²) in [6.45, 7) is 1.88. The molecule has 1 N–H and O–H groups in total. The topological polar surface area (TPSA) is 55.1 Å². The summed E-state index contributed by atoms with van der Waals surface area (Å²) in [6, 6.07) is 7.82. The van der Waals surface area contributed by atoms with Crippen molar-refractivity contribution in [3.05, 3.63) is 45.8 Å². The van der Waals surface area contributed by atoms with E-state index in [-0.39, 0.29) is 0 Å². The third kappa shape index (κ3) is 2.17. The number of para-hydroxylation sites is 1. The molecule has 0 saturated carbocycles. The van der Waals surface area contributed by atoms with Crippen LogP contribution in [0.25, 0.3) is 5.78 Å². The van der Waals surface area contributed by atoms with Gasteiger partial charge in [0.2, 0.25) is 0 Å². The Bertz CT molecular complexity index is 755. The van der Waals surface area contributed by atoms with E-state index in [2.05, 4.69) is 36.3 Å². The number of nitrogens with zero attached hydrogens (tertiary/aromatic N) is 4. The SMILES string of the molecule is Cc1c(Cl)nc2ncnn2c1Nc1ccccc1Br. The Morgan fingerprint density at radius 2 is 2.11 bits per heavy atom. The second-order valence-electron chi connectivity index (χ2n) is 3.95. The van der Waals surface area contributed by atoms with Gasteiger partial charge in [-0.2, -0.15) is 19.6 Å². The van der Waals surface area contributed by atoms with E-state index in [0.717, 1.165) is 21.5 Å². The highest BCUT2D eigenvalue weighted by Crippen LogP contribution is 2.29. The molecule has 1 aromatic carbocycles. The molecule has 96 valence electrons. The minimum Gasteiger partial charge on any atom is -0.339 e. The molecule has 0 amide bonds. The minimum atomic E-state index is 0.412. The fourth-order valence-electron chi connectivity index (χ4n) is 1.73. The maximum absolute atomic E-state index is 6.11. The molecule has 0 bridgehead atoms. The zero-order chi connectivity index (χ0) is 13.4. The van der Waals surface area contributed by atoms with Gasteiger partial charge in [-0.25, -0.2) is 0 Å². The van der Waals surface area contributed by atoms with Crippen molar-refractivity contribution >= 4 is 44.8 Å². The van der Waals surface area contributed by atoms with Gasteiger partial charge in [-0.05, 0) is 35.0 Å². The summed E-state index contributed by atoms with van der Waals surface area (Å²) < 4.78 is 2.58. The summed E-state index contributed by atoms with van der Waals surface area (Å²) in [6.07, 6.45) is 1.45. The normalized spacial score (nSPS) is 10.9. The van der Waals surface area contributed by atoms with Crippen LogP contribution in [-0.2, 0) is 0 Å². The average molecular weight is 339 g/mol. The van der Waals surface area contributed by atoms with Gasteiger partial charge < -0.3 is 5.32 Å². The van der Waals surface area contributed by atoms with Gasteiger partial charge in [-0.3, -0.25) is 0 Å². The first kappa shape index (κ1) is 12.4. The van der Waals surface area contributed by atoms with E-state index in [0.29, 0.717) is 10.9 Å². The highest BCUT2D eigenvalue weighted by atomic mass is 79.9. The van der Waals surface area contributed by atoms with Crippen molar-refractivity contribution in [2.45, 2.75) is 6.92 Å². The largest absolute Gasteiger partial charge is 0.339 e. The second-order valence-corrected chi connectivity index (χ2v) is 5.17. The van der Waals surface area contributed by atoms with E-state index < -0.39 is 0 Å². The Morgan fingerprint density at radius 3 is 2.89 bits per heavy atom. The molecule has 0 aliphatic rings. The fraction of sp³-hybridized carbons (Fsp3) is 0.0833. The zero-order valence-corrected chi connectivity index (χ0v) is 12.3. The monoisotopic (exact) mass is 337 g/mol. The smallest absolute Gasteiger partial charge is 0.255 e. The Morgan fingerprint density at radius 1 is 1.32 bits per heavy atom. The molecular formula is C12H9BrClN5. The lowest BCUT2D eigenvalue weighted by Gasteiger charge is -2.12. The Balaban J connectivity index is 2.17. The van der Waals surface area contributed by atoms with Gasteiger partial charge in [0, 0.05) is 10.0 Å². The molecule has 0 aliphatic carbocycles. The molecule has 0 radical (unpaired) electrons. The van der Waals surface area contributed by atoms with Crippen LogP contribution < -0.4 is 5.32 Å². The lowest BCUT2D eigenvalue weighted by molar-refractivity contribution is 0.936. The Hall–Kier alpha value is -1.66. The number of nitrogens with one attached hydrogen (secondary N) is 1. The highest BCUT2D eigenvalue weighted by molar-refractivity contribution is 9.10. The Kier molecular flexibility index (Phi) is 3.12. The summed E-state index contributed by atoms with van der Waals surface area (Å²) in [5.41, 5.74) is 1.74. The van der Waals surface area contributed by atoms with Crippen molar-refractivity contribution in [3.63, 3.8) is 0 Å². The summed E-state index contributed by atoms with van der Waals surface area (Å²) in [4.78, 5) is 8.21. The molecule has 0 saturated heterocycles. The van der Waals surface area contributed by atoms with Gasteiger partial charge in [0.15, 0.2) is 0 Å². The van der Waals surface area contributed by atoms with E-state index in [1.165, 1.54) is 6.33 Å². The fourth-order valence-corrected chi connectivity index (χ4v) is 2.28. The predicted octanol–water partition coefficient (Wildman–Crippen LogP) is 3.59. The third-order valence-corrected chi connectivity index (χ3v) is 3.79. The highest BCUT2D eigenvalue weighted by Gasteiger charge is 2.13. The molecule has 0 spiro atoms. The van der Waals surface area contributed by atoms with Crippen molar-refractivity contribution in [1.82, 2.24) is 19.6 Å². The van der Waals surface area contributed by atoms with Crippen LogP contribution in [0.1, 0.15) is 5.56 Å². The van der Waals surface area contributed by atoms with E-state index >= 15 is 0 Å². The number of hydrogen-bond donors (Lipinski definition) is 1. The molecule has 3 rings (SSSR count). The van der Waals surface area contributed by atoms with Crippen LogP contribution in [0.4, 0.5) is 11.5 Å². The standard InChI is InChI=1S/C12H9BrClN5/c1-7-10(14)18-12-15-6-16-19(12)11(7)17-9-5-3-2-4-8(9)13/h2-6,17H,1H3. The quantitative estimate of drug-likeness (QED) is 0.726. The number of benzene rings is 1. The van der Waals surface area contributed by atoms with Gasteiger partial charge in [-0.1, -0.05) is 23.7 Å². The second kappa shape index (κ2) is 4.79. The maximum Gasteiger partial charge on any atom is 0.255 e. The maximum atomic E-state index is 6.11. The molecule has 7 heteroatoms. The van der Waals surface area contributed by atoms with Crippen molar-refractivity contribution in [2.24, 2.45) is 0 Å². The third-order valence-electron chi connectivity index (χ3n) is 2.73. The lowest BCUT2D eigenvalue weighted by Crippen LogP contribution is -2.05. The first-order valence-electron chi connectivity index (χ1n) is 5.54. The first-order valence-corrected chi connectivity index (χ1v) is 6.71. The van der Waals surface area contributed by atoms with E-state index in [9.17, 15) is 0 Å². The van der Waals surface area contributed by atoms with Crippen LogP contribution in [0.15, 0.2) is 35.1 Å². The number of hydrogen-bond acceptors (Lipinski definition) is 4. The zero-order valence-electron chi connectivity index (χ0n) is 9.93. The molecule has 3 aromatic rings. The van der Waals surface area contributed by atoms with Crippen LogP contribution in [0, 0.1) is 6.92 Å².